The summed E-state index contributed by atoms with van der Waals surface area (Å²) < 4.78 is 1.77. The molecule has 0 bridgehead atoms. The number of rotatable bonds is 3. The molecular formula is C16H21ClN6. The number of nitrogens with zero attached hydrogens (tertiary/aromatic N) is 5. The van der Waals surface area contributed by atoms with Gasteiger partial charge >= 0.3 is 0 Å². The van der Waals surface area contributed by atoms with Gasteiger partial charge in [0.2, 0.25) is 0 Å². The van der Waals surface area contributed by atoms with E-state index in [1.165, 1.54) is 5.69 Å². The highest BCUT2D eigenvalue weighted by Crippen LogP contribution is 2.19. The number of hydrogen-bond donors (Lipinski definition) is 1. The van der Waals surface area contributed by atoms with Crippen LogP contribution in [-0.4, -0.2) is 46.8 Å². The van der Waals surface area contributed by atoms with Crippen LogP contribution in [0.5, 0.6) is 0 Å². The highest BCUT2D eigenvalue weighted by Gasteiger charge is 2.18. The maximum atomic E-state index is 6.11. The lowest BCUT2D eigenvalue weighted by Crippen LogP contribution is -2.51. The van der Waals surface area contributed by atoms with E-state index in [0.29, 0.717) is 12.5 Å². The van der Waals surface area contributed by atoms with Crippen LogP contribution in [0, 0.1) is 0 Å². The number of aryl methyl sites for hydroxylation is 1. The summed E-state index contributed by atoms with van der Waals surface area (Å²) in [5.41, 5.74) is 8.23. The normalized spacial score (nSPS) is 16.0. The zero-order valence-corrected chi connectivity index (χ0v) is 13.9. The van der Waals surface area contributed by atoms with Crippen molar-refractivity contribution in [2.24, 2.45) is 17.8 Å². The number of benzene rings is 1. The Balaban J connectivity index is 1.54. The van der Waals surface area contributed by atoms with E-state index >= 15 is 0 Å². The Hall–Kier alpha value is -2.21. The highest BCUT2D eigenvalue weighted by atomic mass is 35.5. The fourth-order valence-corrected chi connectivity index (χ4v) is 2.78. The van der Waals surface area contributed by atoms with Gasteiger partial charge in [0, 0.05) is 50.1 Å². The van der Waals surface area contributed by atoms with Gasteiger partial charge in [0.05, 0.1) is 12.2 Å². The van der Waals surface area contributed by atoms with E-state index < -0.39 is 0 Å². The van der Waals surface area contributed by atoms with Crippen molar-refractivity contribution < 1.29 is 0 Å². The molecule has 2 aromatic rings. The van der Waals surface area contributed by atoms with Crippen molar-refractivity contribution in [1.82, 2.24) is 14.7 Å². The zero-order valence-electron chi connectivity index (χ0n) is 13.2. The van der Waals surface area contributed by atoms with Gasteiger partial charge in [0.1, 0.15) is 0 Å². The number of guanidine groups is 1. The molecule has 1 aromatic heterocycles. The van der Waals surface area contributed by atoms with Crippen molar-refractivity contribution in [2.75, 3.05) is 31.1 Å². The van der Waals surface area contributed by atoms with Crippen molar-refractivity contribution in [3.63, 3.8) is 0 Å². The SMILES string of the molecule is Cn1ccc(CN=C(N)N2CCN(c3ccc(Cl)cc3)CC2)n1. The van der Waals surface area contributed by atoms with Crippen molar-refractivity contribution in [3.8, 4) is 0 Å². The number of hydrogen-bond acceptors (Lipinski definition) is 3. The zero-order chi connectivity index (χ0) is 16.2. The first-order chi connectivity index (χ1) is 11.1. The first-order valence-corrected chi connectivity index (χ1v) is 8.03. The molecule has 0 radical (unpaired) electrons. The quantitative estimate of drug-likeness (QED) is 0.686. The number of anilines is 1. The first kappa shape index (κ1) is 15.7. The van der Waals surface area contributed by atoms with Gasteiger partial charge in [-0.2, -0.15) is 5.10 Å². The standard InChI is InChI=1S/C16H21ClN6/c1-21-7-6-14(20-21)12-19-16(18)23-10-8-22(9-11-23)15-4-2-13(17)3-5-15/h2-7H,8-12H2,1H3,(H2,18,19). The van der Waals surface area contributed by atoms with Gasteiger partial charge in [-0.1, -0.05) is 11.6 Å². The Morgan fingerprint density at radius 1 is 1.17 bits per heavy atom. The second-order valence-electron chi connectivity index (χ2n) is 5.61. The Bertz CT molecular complexity index is 670. The fourth-order valence-electron chi connectivity index (χ4n) is 2.66. The van der Waals surface area contributed by atoms with Gasteiger partial charge in [-0.25, -0.2) is 4.99 Å². The van der Waals surface area contributed by atoms with E-state index in [4.69, 9.17) is 17.3 Å². The summed E-state index contributed by atoms with van der Waals surface area (Å²) >= 11 is 5.94. The van der Waals surface area contributed by atoms with Crippen LogP contribution in [0.2, 0.25) is 5.02 Å². The third-order valence-electron chi connectivity index (χ3n) is 3.97. The third kappa shape index (κ3) is 3.96. The summed E-state index contributed by atoms with van der Waals surface area (Å²) in [5.74, 6) is 0.589. The fraction of sp³-hybridized carbons (Fsp3) is 0.375. The molecule has 0 spiro atoms. The lowest BCUT2D eigenvalue weighted by molar-refractivity contribution is 0.380. The summed E-state index contributed by atoms with van der Waals surface area (Å²) in [4.78, 5) is 8.90. The van der Waals surface area contributed by atoms with E-state index in [0.717, 1.165) is 36.9 Å². The van der Waals surface area contributed by atoms with E-state index in [9.17, 15) is 0 Å². The molecule has 6 nitrogen and oxygen atoms in total. The van der Waals surface area contributed by atoms with E-state index in [1.807, 2.05) is 31.4 Å². The predicted molar refractivity (Wildman–Crippen MR) is 93.8 cm³/mol. The maximum Gasteiger partial charge on any atom is 0.191 e. The molecule has 2 heterocycles. The van der Waals surface area contributed by atoms with Gasteiger partial charge in [-0.15, -0.1) is 0 Å². The minimum Gasteiger partial charge on any atom is -0.370 e. The van der Waals surface area contributed by atoms with Gasteiger partial charge in [-0.05, 0) is 30.3 Å². The predicted octanol–water partition coefficient (Wildman–Crippen LogP) is 1.71. The molecular weight excluding hydrogens is 312 g/mol. The summed E-state index contributed by atoms with van der Waals surface area (Å²) in [6.07, 6.45) is 1.91. The summed E-state index contributed by atoms with van der Waals surface area (Å²) in [5, 5.41) is 5.07. The van der Waals surface area contributed by atoms with Crippen LogP contribution in [-0.2, 0) is 13.6 Å². The third-order valence-corrected chi connectivity index (χ3v) is 4.22. The van der Waals surface area contributed by atoms with Crippen LogP contribution in [0.15, 0.2) is 41.5 Å². The lowest BCUT2D eigenvalue weighted by atomic mass is 10.2. The monoisotopic (exact) mass is 332 g/mol. The molecule has 7 heteroatoms. The summed E-state index contributed by atoms with van der Waals surface area (Å²) in [6.45, 7) is 4.08. The minimum atomic E-state index is 0.518. The lowest BCUT2D eigenvalue weighted by Gasteiger charge is -2.36. The molecule has 1 aliphatic heterocycles. The Labute approximate surface area is 141 Å². The van der Waals surface area contributed by atoms with E-state index in [2.05, 4.69) is 32.0 Å². The van der Waals surface area contributed by atoms with Crippen molar-refractivity contribution >= 4 is 23.2 Å². The summed E-state index contributed by atoms with van der Waals surface area (Å²) in [6, 6.07) is 9.90. The molecule has 2 N–H and O–H groups in total. The van der Waals surface area contributed by atoms with Gasteiger partial charge in [-0.3, -0.25) is 4.68 Å². The smallest absolute Gasteiger partial charge is 0.191 e. The first-order valence-electron chi connectivity index (χ1n) is 7.66. The topological polar surface area (TPSA) is 62.7 Å². The van der Waals surface area contributed by atoms with Crippen LogP contribution < -0.4 is 10.6 Å². The van der Waals surface area contributed by atoms with Crippen LogP contribution in [0.25, 0.3) is 0 Å². The number of aromatic nitrogens is 2. The van der Waals surface area contributed by atoms with Crippen molar-refractivity contribution in [3.05, 3.63) is 47.2 Å². The summed E-state index contributed by atoms with van der Waals surface area (Å²) in [7, 11) is 1.90. The highest BCUT2D eigenvalue weighted by molar-refractivity contribution is 6.30. The van der Waals surface area contributed by atoms with Gasteiger partial charge in [0.25, 0.3) is 0 Å². The molecule has 1 fully saturated rings. The molecule has 1 aliphatic rings. The van der Waals surface area contributed by atoms with Crippen molar-refractivity contribution in [1.29, 1.82) is 0 Å². The van der Waals surface area contributed by atoms with Crippen LogP contribution >= 0.6 is 11.6 Å². The molecule has 0 saturated carbocycles. The Kier molecular flexibility index (Phi) is 4.71. The van der Waals surface area contributed by atoms with Crippen LogP contribution in [0.1, 0.15) is 5.69 Å². The van der Waals surface area contributed by atoms with Crippen LogP contribution in [0.4, 0.5) is 5.69 Å². The van der Waals surface area contributed by atoms with Gasteiger partial charge in [0.15, 0.2) is 5.96 Å². The number of halogens is 1. The molecule has 0 amide bonds. The molecule has 0 unspecified atom stereocenters. The molecule has 1 aromatic carbocycles. The average Bonchev–Trinajstić information content (AvgIpc) is 2.99. The Morgan fingerprint density at radius 2 is 1.87 bits per heavy atom. The molecule has 1 saturated heterocycles. The molecule has 3 rings (SSSR count). The number of piperazine rings is 1. The largest absolute Gasteiger partial charge is 0.370 e. The molecule has 0 atom stereocenters. The van der Waals surface area contributed by atoms with Crippen LogP contribution in [0.3, 0.4) is 0 Å². The molecule has 0 aliphatic carbocycles. The second kappa shape index (κ2) is 6.91. The number of aliphatic imine (C=N–C) groups is 1. The Morgan fingerprint density at radius 3 is 2.48 bits per heavy atom. The van der Waals surface area contributed by atoms with Crippen molar-refractivity contribution in [2.45, 2.75) is 6.54 Å². The maximum absolute atomic E-state index is 6.11. The van der Waals surface area contributed by atoms with E-state index in [-0.39, 0.29) is 0 Å². The second-order valence-corrected chi connectivity index (χ2v) is 6.04. The number of nitrogens with two attached hydrogens (primary N) is 1. The van der Waals surface area contributed by atoms with E-state index in [1.54, 1.807) is 4.68 Å². The average molecular weight is 333 g/mol. The van der Waals surface area contributed by atoms with Gasteiger partial charge < -0.3 is 15.5 Å². The molecule has 23 heavy (non-hydrogen) atoms. The molecule has 122 valence electrons. The minimum absolute atomic E-state index is 0.518.